The van der Waals surface area contributed by atoms with Crippen LogP contribution in [0.1, 0.15) is 35.5 Å². The van der Waals surface area contributed by atoms with Crippen molar-refractivity contribution in [2.75, 3.05) is 0 Å². The lowest BCUT2D eigenvalue weighted by atomic mass is 9.91. The van der Waals surface area contributed by atoms with Crippen LogP contribution in [0, 0.1) is 29.4 Å². The molecule has 244 valence electrons. The number of benzene rings is 1. The van der Waals surface area contributed by atoms with E-state index < -0.39 is 107 Å². The van der Waals surface area contributed by atoms with Gasteiger partial charge in [0.05, 0.1) is 18.1 Å². The maximum atomic E-state index is 14.6. The van der Waals surface area contributed by atoms with E-state index in [9.17, 15) is 47.0 Å². The largest absolute Gasteiger partial charge is 0.505 e. The Kier molecular flexibility index (Phi) is 10.5. The predicted octanol–water partition coefficient (Wildman–Crippen LogP) is 1.23. The maximum absolute atomic E-state index is 14.6. The van der Waals surface area contributed by atoms with E-state index in [1.165, 1.54) is 26.1 Å². The molecule has 1 aliphatic heterocycles. The molecule has 1 aliphatic rings. The normalized spacial score (nSPS) is 24.1. The third-order valence-electron chi connectivity index (χ3n) is 7.40. The topological polar surface area (TPSA) is 180 Å². The number of nitrogens with one attached hydrogen (secondary N) is 3. The number of amides is 3. The van der Waals surface area contributed by atoms with E-state index in [-0.39, 0.29) is 6.42 Å². The molecule has 1 aromatic carbocycles. The van der Waals surface area contributed by atoms with Crippen molar-refractivity contribution in [1.82, 2.24) is 25.9 Å². The molecule has 1 saturated heterocycles. The number of carbonyl (C=O) groups excluding carboxylic acids is 4. The van der Waals surface area contributed by atoms with Crippen LogP contribution in [-0.2, 0) is 32.0 Å². The van der Waals surface area contributed by atoms with Crippen molar-refractivity contribution in [3.05, 3.63) is 89.0 Å². The Labute approximate surface area is 259 Å². The Morgan fingerprint density at radius 1 is 0.935 bits per heavy atom. The zero-order valence-electron chi connectivity index (χ0n) is 24.3. The second kappa shape index (κ2) is 14.3. The molecule has 0 saturated carbocycles. The maximum Gasteiger partial charge on any atom is 0.329 e. The molecule has 0 spiro atoms. The molecule has 12 nitrogen and oxygen atoms in total. The summed E-state index contributed by atoms with van der Waals surface area (Å²) in [4.78, 5) is 59.7. The number of aliphatic hydroxyl groups excluding tert-OH is 1. The SMILES string of the molecule is C[C@H]1OC(=O)C(Cc2ccccc2)NC(=O)[C@H](C)[C@H](O)[C@H](Cc2c(F)nc(F)c(F)c2F)NC(=O)[C@H]1NC(=O)c1ncccc1O. The number of hydrogen-bond acceptors (Lipinski definition) is 9. The first-order valence-electron chi connectivity index (χ1n) is 13.9. The molecule has 5 N–H and O–H groups in total. The molecular weight excluding hydrogens is 618 g/mol. The Balaban J connectivity index is 1.75. The summed E-state index contributed by atoms with van der Waals surface area (Å²) in [6.45, 7) is 2.41. The standard InChI is InChI=1S/C30H29F4N5O7/c1-13-24(41)17(12-16-20(31)21(32)26(34)39-25(16)33)36-28(43)22(38-29(44)23-19(40)9-6-10-35-23)14(2)46-30(45)18(37-27(13)42)11-15-7-4-3-5-8-15/h3-10,13-14,17-18,22,24,40-41H,11-12H2,1-2H3,(H,36,43)(H,37,42)(H,38,44)/t13-,14-,17+,18?,22+,24+/m1/s1. The lowest BCUT2D eigenvalue weighted by Crippen LogP contribution is -2.61. The van der Waals surface area contributed by atoms with Gasteiger partial charge in [0.2, 0.25) is 23.6 Å². The molecule has 3 aromatic rings. The van der Waals surface area contributed by atoms with E-state index in [4.69, 9.17) is 4.74 Å². The minimum atomic E-state index is -2.11. The van der Waals surface area contributed by atoms with Gasteiger partial charge in [-0.2, -0.15) is 18.2 Å². The van der Waals surface area contributed by atoms with Crippen LogP contribution in [0.15, 0.2) is 48.7 Å². The third-order valence-corrected chi connectivity index (χ3v) is 7.40. The van der Waals surface area contributed by atoms with Crippen molar-refractivity contribution in [1.29, 1.82) is 0 Å². The third kappa shape index (κ3) is 7.56. The number of aromatic hydroxyl groups is 1. The van der Waals surface area contributed by atoms with Gasteiger partial charge in [-0.05, 0) is 24.6 Å². The summed E-state index contributed by atoms with van der Waals surface area (Å²) in [7, 11) is 0. The average molecular weight is 648 g/mol. The predicted molar refractivity (Wildman–Crippen MR) is 150 cm³/mol. The van der Waals surface area contributed by atoms with Crippen LogP contribution in [0.25, 0.3) is 0 Å². The monoisotopic (exact) mass is 647 g/mol. The first-order chi connectivity index (χ1) is 21.8. The van der Waals surface area contributed by atoms with E-state index in [0.29, 0.717) is 5.56 Å². The van der Waals surface area contributed by atoms with Crippen molar-refractivity contribution in [2.45, 2.75) is 57.0 Å². The fraction of sp³-hybridized carbons (Fsp3) is 0.333. The van der Waals surface area contributed by atoms with Crippen molar-refractivity contribution < 1.29 is 51.7 Å². The summed E-state index contributed by atoms with van der Waals surface area (Å²) >= 11 is 0. The lowest BCUT2D eigenvalue weighted by Gasteiger charge is -2.33. The van der Waals surface area contributed by atoms with E-state index >= 15 is 0 Å². The van der Waals surface area contributed by atoms with Gasteiger partial charge in [0.1, 0.15) is 23.9 Å². The Morgan fingerprint density at radius 2 is 1.63 bits per heavy atom. The number of ether oxygens (including phenoxy) is 1. The molecule has 16 heteroatoms. The van der Waals surface area contributed by atoms with Gasteiger partial charge in [-0.15, -0.1) is 0 Å². The zero-order valence-corrected chi connectivity index (χ0v) is 24.3. The summed E-state index contributed by atoms with van der Waals surface area (Å²) in [6.07, 6.45) is -3.38. The van der Waals surface area contributed by atoms with Crippen LogP contribution in [0.2, 0.25) is 0 Å². The number of carbonyl (C=O) groups is 4. The minimum absolute atomic E-state index is 0.0909. The van der Waals surface area contributed by atoms with E-state index in [1.807, 2.05) is 0 Å². The minimum Gasteiger partial charge on any atom is -0.505 e. The summed E-state index contributed by atoms with van der Waals surface area (Å²) < 4.78 is 62.2. The number of aliphatic hydroxyl groups is 1. The second-order valence-corrected chi connectivity index (χ2v) is 10.6. The number of nitrogens with zero attached hydrogens (tertiary/aromatic N) is 2. The number of rotatable bonds is 6. The van der Waals surface area contributed by atoms with Gasteiger partial charge in [0.15, 0.2) is 11.5 Å². The van der Waals surface area contributed by atoms with Crippen molar-refractivity contribution in [3.8, 4) is 5.75 Å². The molecule has 1 unspecified atom stereocenters. The highest BCUT2D eigenvalue weighted by atomic mass is 19.2. The quantitative estimate of drug-likeness (QED) is 0.150. The smallest absolute Gasteiger partial charge is 0.329 e. The molecule has 3 heterocycles. The molecule has 0 aliphatic carbocycles. The van der Waals surface area contributed by atoms with Crippen LogP contribution in [0.5, 0.6) is 5.75 Å². The highest BCUT2D eigenvalue weighted by Gasteiger charge is 2.40. The Morgan fingerprint density at radius 3 is 2.30 bits per heavy atom. The molecule has 0 bridgehead atoms. The van der Waals surface area contributed by atoms with Gasteiger partial charge >= 0.3 is 5.97 Å². The highest BCUT2D eigenvalue weighted by molar-refractivity contribution is 5.98. The van der Waals surface area contributed by atoms with Gasteiger partial charge in [-0.3, -0.25) is 14.4 Å². The van der Waals surface area contributed by atoms with E-state index in [1.54, 1.807) is 30.3 Å². The zero-order chi connectivity index (χ0) is 33.7. The lowest BCUT2D eigenvalue weighted by molar-refractivity contribution is -0.156. The molecule has 3 amide bonds. The summed E-state index contributed by atoms with van der Waals surface area (Å²) in [5.41, 5.74) is -1.06. The number of halogens is 4. The van der Waals surface area contributed by atoms with Gasteiger partial charge < -0.3 is 30.9 Å². The van der Waals surface area contributed by atoms with Gasteiger partial charge in [-0.25, -0.2) is 14.2 Å². The first kappa shape index (κ1) is 33.8. The number of hydrogen-bond donors (Lipinski definition) is 5. The van der Waals surface area contributed by atoms with Crippen LogP contribution in [0.4, 0.5) is 17.6 Å². The van der Waals surface area contributed by atoms with Crippen molar-refractivity contribution in [3.63, 3.8) is 0 Å². The average Bonchev–Trinajstić information content (AvgIpc) is 3.02. The molecular formula is C30H29F4N5O7. The summed E-state index contributed by atoms with van der Waals surface area (Å²) in [5, 5.41) is 28.3. The number of esters is 1. The number of pyridine rings is 2. The van der Waals surface area contributed by atoms with Crippen LogP contribution >= 0.6 is 0 Å². The fourth-order valence-corrected chi connectivity index (χ4v) is 4.80. The van der Waals surface area contributed by atoms with Crippen molar-refractivity contribution in [2.24, 2.45) is 5.92 Å². The van der Waals surface area contributed by atoms with Crippen LogP contribution in [-0.4, -0.2) is 74.2 Å². The molecule has 2 aromatic heterocycles. The Bertz CT molecular complexity index is 1630. The van der Waals surface area contributed by atoms with Crippen LogP contribution < -0.4 is 16.0 Å². The van der Waals surface area contributed by atoms with E-state index in [2.05, 4.69) is 25.9 Å². The van der Waals surface area contributed by atoms with Crippen molar-refractivity contribution >= 4 is 23.7 Å². The van der Waals surface area contributed by atoms with Gasteiger partial charge in [-0.1, -0.05) is 37.3 Å². The van der Waals surface area contributed by atoms with Gasteiger partial charge in [0, 0.05) is 24.6 Å². The fourth-order valence-electron chi connectivity index (χ4n) is 4.80. The molecule has 1 fully saturated rings. The number of cyclic esters (lactones) is 1. The van der Waals surface area contributed by atoms with Crippen LogP contribution in [0.3, 0.4) is 0 Å². The Hall–Kier alpha value is -5.12. The molecule has 0 radical (unpaired) electrons. The summed E-state index contributed by atoms with van der Waals surface area (Å²) in [6, 6.07) is 5.99. The molecule has 46 heavy (non-hydrogen) atoms. The first-order valence-corrected chi connectivity index (χ1v) is 13.9. The molecule has 6 atom stereocenters. The summed E-state index contributed by atoms with van der Waals surface area (Å²) in [5.74, 6) is -14.1. The molecule has 4 rings (SSSR count). The second-order valence-electron chi connectivity index (χ2n) is 10.6. The van der Waals surface area contributed by atoms with Gasteiger partial charge in [0.25, 0.3) is 11.9 Å². The highest BCUT2D eigenvalue weighted by Crippen LogP contribution is 2.22. The number of aromatic nitrogens is 2. The van der Waals surface area contributed by atoms with E-state index in [0.717, 1.165) is 6.07 Å².